The van der Waals surface area contributed by atoms with Crippen LogP contribution in [-0.4, -0.2) is 103 Å². The maximum absolute atomic E-state index is 13.6. The quantitative estimate of drug-likeness (QED) is 0.373. The molecule has 8 atom stereocenters. The Kier molecular flexibility index (Phi) is 5.33. The van der Waals surface area contributed by atoms with Crippen LogP contribution in [0.15, 0.2) is 12.1 Å². The molecule has 2 aromatic rings. The highest BCUT2D eigenvalue weighted by Crippen LogP contribution is 2.69. The number of rotatable bonds is 5. The SMILES string of the molecule is O=C1CC[C@]2(O)C3Cc4cc(-c5cc6c7c(c5O)O[C@@H]5C(=O)CC[C@]8(O)[C@H](C6)N(CC6CC6)CC[C@@]758)c(O)c5c4[C@]2(CCN3CC2CC2)[C@@H]1O5. The van der Waals surface area contributed by atoms with E-state index in [2.05, 4.69) is 9.80 Å². The van der Waals surface area contributed by atoms with Gasteiger partial charge in [0.15, 0.2) is 46.8 Å². The minimum atomic E-state index is -1.14. The second-order valence-electron chi connectivity index (χ2n) is 17.8. The Hall–Kier alpha value is -3.18. The van der Waals surface area contributed by atoms with E-state index in [4.69, 9.17) is 9.47 Å². The number of hydrogen-bond acceptors (Lipinski definition) is 10. The highest BCUT2D eigenvalue weighted by Gasteiger charge is 2.75. The van der Waals surface area contributed by atoms with Crippen LogP contribution in [0, 0.1) is 11.8 Å². The van der Waals surface area contributed by atoms with E-state index >= 15 is 0 Å². The summed E-state index contributed by atoms with van der Waals surface area (Å²) in [6, 6.07) is 3.56. The summed E-state index contributed by atoms with van der Waals surface area (Å²) < 4.78 is 13.0. The molecule has 6 aliphatic carbocycles. The van der Waals surface area contributed by atoms with Crippen molar-refractivity contribution in [2.45, 2.75) is 123 Å². The number of aromatic hydroxyl groups is 2. The lowest BCUT2D eigenvalue weighted by atomic mass is 9.48. The topological polar surface area (TPSA) is 140 Å². The molecule has 10 aliphatic rings. The number of Topliss-reactive ketones (excluding diaryl/α,β-unsaturated/α-hetero) is 2. The van der Waals surface area contributed by atoms with Crippen LogP contribution in [-0.2, 0) is 33.3 Å². The lowest BCUT2D eigenvalue weighted by molar-refractivity contribution is -0.188. The smallest absolute Gasteiger partial charge is 0.174 e. The average Bonchev–Trinajstić information content (AvgIpc) is 4.02. The van der Waals surface area contributed by atoms with Crippen LogP contribution < -0.4 is 9.47 Å². The molecule has 2 spiro atoms. The summed E-state index contributed by atoms with van der Waals surface area (Å²) in [6.07, 6.45) is 6.68. The maximum atomic E-state index is 13.6. The third kappa shape index (κ3) is 3.17. The number of piperidine rings is 2. The van der Waals surface area contributed by atoms with Gasteiger partial charge in [0.25, 0.3) is 0 Å². The average molecular weight is 681 g/mol. The van der Waals surface area contributed by atoms with Gasteiger partial charge < -0.3 is 29.9 Å². The van der Waals surface area contributed by atoms with Crippen molar-refractivity contribution >= 4 is 11.6 Å². The second kappa shape index (κ2) is 9.06. The van der Waals surface area contributed by atoms with E-state index in [1.807, 2.05) is 12.1 Å². The fourth-order valence-corrected chi connectivity index (χ4v) is 13.1. The zero-order chi connectivity index (χ0) is 33.7. The number of ketones is 2. The maximum Gasteiger partial charge on any atom is 0.174 e. The molecule has 4 saturated carbocycles. The van der Waals surface area contributed by atoms with Gasteiger partial charge in [-0.25, -0.2) is 0 Å². The van der Waals surface area contributed by atoms with Gasteiger partial charge in [0.05, 0.1) is 22.0 Å². The normalized spacial score (nSPS) is 41.8. The molecule has 262 valence electrons. The Balaban J connectivity index is 1.04. The summed E-state index contributed by atoms with van der Waals surface area (Å²) >= 11 is 0. The molecular weight excluding hydrogens is 636 g/mol. The number of phenols is 2. The van der Waals surface area contributed by atoms with Crippen LogP contribution in [0.4, 0.5) is 0 Å². The number of carbonyl (C=O) groups is 2. The van der Waals surface area contributed by atoms with Gasteiger partial charge in [-0.2, -0.15) is 0 Å². The van der Waals surface area contributed by atoms with E-state index in [0.717, 1.165) is 48.4 Å². The zero-order valence-corrected chi connectivity index (χ0v) is 28.2. The van der Waals surface area contributed by atoms with Crippen molar-refractivity contribution in [3.63, 3.8) is 0 Å². The molecular formula is C40H44N2O8. The van der Waals surface area contributed by atoms with E-state index in [-0.39, 0.29) is 59.5 Å². The molecule has 1 unspecified atom stereocenters. The first-order valence-electron chi connectivity index (χ1n) is 19.2. The van der Waals surface area contributed by atoms with E-state index in [1.54, 1.807) is 0 Å². The van der Waals surface area contributed by atoms with Crippen molar-refractivity contribution in [2.24, 2.45) is 11.8 Å². The standard InChI is InChI=1S/C40H44N2O8/c43-25-5-7-39(47)27-15-21-13-23(31(45)33-29(21)37(39,35(25)49-33)9-11-41(27)17-19-1-2-19)24-14-22-16-28-40(48)8-6-26(44)36-38(40,30(22)34(50-36)32(24)46)10-12-42(28)18-20-3-4-20/h13-14,19-20,27-28,35-36,45-48H,1-12,15-18H2/t27-,28?,35+,36+,37+,38+,39-,40-/m0/s1. The number of likely N-dealkylation sites (tertiary alicyclic amines) is 2. The Labute approximate surface area is 290 Å². The molecule has 2 saturated heterocycles. The van der Waals surface area contributed by atoms with Crippen molar-refractivity contribution in [1.29, 1.82) is 0 Å². The number of hydrogen-bond donors (Lipinski definition) is 4. The summed E-state index contributed by atoms with van der Waals surface area (Å²) in [5.74, 6) is 1.45. The summed E-state index contributed by atoms with van der Waals surface area (Å²) in [5, 5.41) is 49.6. The fraction of sp³-hybridized carbons (Fsp3) is 0.650. The molecule has 6 fully saturated rings. The number of ether oxygens (including phenoxy) is 2. The first-order chi connectivity index (χ1) is 24.1. The molecule has 50 heavy (non-hydrogen) atoms. The minimum absolute atomic E-state index is 0.0337. The number of carbonyl (C=O) groups excluding carboxylic acids is 2. The van der Waals surface area contributed by atoms with E-state index in [9.17, 15) is 30.0 Å². The third-order valence-electron chi connectivity index (χ3n) is 15.6. The molecule has 0 radical (unpaired) electrons. The highest BCUT2D eigenvalue weighted by atomic mass is 16.5. The monoisotopic (exact) mass is 680 g/mol. The van der Waals surface area contributed by atoms with Crippen LogP contribution in [0.3, 0.4) is 0 Å². The Bertz CT molecular complexity index is 1830. The molecule has 12 rings (SSSR count). The van der Waals surface area contributed by atoms with Crippen molar-refractivity contribution in [2.75, 3.05) is 26.2 Å². The zero-order valence-electron chi connectivity index (χ0n) is 28.2. The van der Waals surface area contributed by atoms with Gasteiger partial charge in [-0.15, -0.1) is 0 Å². The van der Waals surface area contributed by atoms with Gasteiger partial charge in [-0.05, 0) is 112 Å². The first-order valence-corrected chi connectivity index (χ1v) is 19.2. The summed E-state index contributed by atoms with van der Waals surface area (Å²) in [6.45, 7) is 3.43. The van der Waals surface area contributed by atoms with Crippen LogP contribution in [0.25, 0.3) is 11.1 Å². The van der Waals surface area contributed by atoms with Crippen molar-refractivity contribution in [1.82, 2.24) is 9.80 Å². The Morgan fingerprint density at radius 3 is 1.48 bits per heavy atom. The number of nitrogens with zero attached hydrogens (tertiary/aromatic N) is 2. The van der Waals surface area contributed by atoms with Gasteiger partial charge in [0, 0.05) is 60.3 Å². The highest BCUT2D eigenvalue weighted by molar-refractivity contribution is 5.94. The summed E-state index contributed by atoms with van der Waals surface area (Å²) in [5.41, 5.74) is 0.126. The van der Waals surface area contributed by atoms with E-state index in [0.29, 0.717) is 61.5 Å². The molecule has 2 aromatic carbocycles. The van der Waals surface area contributed by atoms with Gasteiger partial charge in [0.1, 0.15) is 0 Å². The largest absolute Gasteiger partial charge is 0.504 e. The van der Waals surface area contributed by atoms with Gasteiger partial charge in [-0.1, -0.05) is 0 Å². The van der Waals surface area contributed by atoms with E-state index in [1.165, 1.54) is 25.7 Å². The lowest BCUT2D eigenvalue weighted by Crippen LogP contribution is -2.76. The molecule has 10 heteroatoms. The second-order valence-corrected chi connectivity index (χ2v) is 17.8. The number of phenolic OH excluding ortho intramolecular Hbond substituents is 2. The summed E-state index contributed by atoms with van der Waals surface area (Å²) in [7, 11) is 0. The first kappa shape index (κ1) is 29.4. The molecule has 4 N–H and O–H groups in total. The lowest BCUT2D eigenvalue weighted by Gasteiger charge is -2.62. The van der Waals surface area contributed by atoms with E-state index < -0.39 is 34.2 Å². The van der Waals surface area contributed by atoms with Gasteiger partial charge in [0.2, 0.25) is 0 Å². The predicted octanol–water partition coefficient (Wildman–Crippen LogP) is 3.03. The van der Waals surface area contributed by atoms with Gasteiger partial charge >= 0.3 is 0 Å². The molecule has 4 heterocycles. The van der Waals surface area contributed by atoms with Gasteiger partial charge in [-0.3, -0.25) is 19.4 Å². The molecule has 0 amide bonds. The fourth-order valence-electron chi connectivity index (χ4n) is 13.1. The van der Waals surface area contributed by atoms with Crippen LogP contribution >= 0.6 is 0 Å². The number of benzene rings is 2. The Morgan fingerprint density at radius 1 is 0.660 bits per heavy atom. The molecule has 4 aliphatic heterocycles. The predicted molar refractivity (Wildman–Crippen MR) is 179 cm³/mol. The molecule has 0 aromatic heterocycles. The van der Waals surface area contributed by atoms with Crippen LogP contribution in [0.2, 0.25) is 0 Å². The number of aliphatic hydroxyl groups is 2. The van der Waals surface area contributed by atoms with Crippen LogP contribution in [0.5, 0.6) is 23.0 Å². The molecule has 4 bridgehead atoms. The minimum Gasteiger partial charge on any atom is -0.504 e. The third-order valence-corrected chi connectivity index (χ3v) is 15.6. The Morgan fingerprint density at radius 2 is 1.08 bits per heavy atom. The molecule has 10 nitrogen and oxygen atoms in total. The van der Waals surface area contributed by atoms with Crippen molar-refractivity contribution in [3.05, 3.63) is 34.4 Å². The summed E-state index contributed by atoms with van der Waals surface area (Å²) in [4.78, 5) is 32.1. The van der Waals surface area contributed by atoms with Crippen molar-refractivity contribution in [3.8, 4) is 34.1 Å². The van der Waals surface area contributed by atoms with Crippen molar-refractivity contribution < 1.29 is 39.5 Å². The van der Waals surface area contributed by atoms with Crippen LogP contribution in [0.1, 0.15) is 86.5 Å².